The van der Waals surface area contributed by atoms with Gasteiger partial charge >= 0.3 is 6.18 Å². The fourth-order valence-electron chi connectivity index (χ4n) is 4.26. The van der Waals surface area contributed by atoms with E-state index in [-0.39, 0.29) is 47.6 Å². The molecule has 0 spiro atoms. The molecule has 1 aromatic carbocycles. The molecular formula is C28H31F3N10O4. The first-order valence-corrected chi connectivity index (χ1v) is 13.6. The summed E-state index contributed by atoms with van der Waals surface area (Å²) in [5, 5.41) is 28.0. The van der Waals surface area contributed by atoms with E-state index in [0.29, 0.717) is 37.2 Å². The van der Waals surface area contributed by atoms with Gasteiger partial charge in [0.15, 0.2) is 17.2 Å². The van der Waals surface area contributed by atoms with Crippen molar-refractivity contribution in [3.05, 3.63) is 59.8 Å². The van der Waals surface area contributed by atoms with E-state index in [1.54, 1.807) is 31.2 Å². The second-order valence-electron chi connectivity index (χ2n) is 9.50. The fourth-order valence-corrected chi connectivity index (χ4v) is 4.26. The number of rotatable bonds is 11. The molecule has 2 amide bonds. The molecular weight excluding hydrogens is 597 g/mol. The summed E-state index contributed by atoms with van der Waals surface area (Å²) in [5.74, 6) is -0.227. The third-order valence-electron chi connectivity index (χ3n) is 6.31. The number of carbonyl (C=O) groups is 3. The van der Waals surface area contributed by atoms with Gasteiger partial charge in [-0.1, -0.05) is 6.92 Å². The Balaban J connectivity index is 0.00000177. The van der Waals surface area contributed by atoms with Crippen LogP contribution in [0.2, 0.25) is 0 Å². The molecule has 238 valence electrons. The Hall–Kier alpha value is -5.50. The summed E-state index contributed by atoms with van der Waals surface area (Å²) < 4.78 is 43.5. The number of nitrogens with one attached hydrogen (secondary N) is 3. The van der Waals surface area contributed by atoms with Gasteiger partial charge in [0.25, 0.3) is 12.4 Å². The number of aryl methyl sites for hydroxylation is 1. The van der Waals surface area contributed by atoms with Gasteiger partial charge in [0.2, 0.25) is 5.91 Å². The third kappa shape index (κ3) is 8.54. The van der Waals surface area contributed by atoms with Crippen LogP contribution in [0, 0.1) is 11.3 Å². The van der Waals surface area contributed by atoms with Gasteiger partial charge in [-0.3, -0.25) is 23.5 Å². The Bertz CT molecular complexity index is 1690. The molecule has 45 heavy (non-hydrogen) atoms. The Labute approximate surface area is 255 Å². The first kappa shape index (κ1) is 34.0. The van der Waals surface area contributed by atoms with E-state index < -0.39 is 17.9 Å². The van der Waals surface area contributed by atoms with Crippen molar-refractivity contribution in [3.63, 3.8) is 0 Å². The van der Waals surface area contributed by atoms with Crippen LogP contribution in [0.25, 0.3) is 16.9 Å². The van der Waals surface area contributed by atoms with Crippen molar-refractivity contribution in [2.45, 2.75) is 45.5 Å². The van der Waals surface area contributed by atoms with E-state index in [1.807, 2.05) is 6.92 Å². The van der Waals surface area contributed by atoms with Crippen molar-refractivity contribution < 1.29 is 32.7 Å². The summed E-state index contributed by atoms with van der Waals surface area (Å²) in [6.45, 7) is 3.66. The number of carbonyl (C=O) groups excluding carboxylic acids is 2. The average molecular weight is 629 g/mol. The van der Waals surface area contributed by atoms with Crippen LogP contribution in [-0.2, 0) is 28.7 Å². The average Bonchev–Trinajstić information content (AvgIpc) is 3.62. The maximum atomic E-state index is 13.7. The fraction of sp³-hybridized carbons (Fsp3) is 0.321. The van der Waals surface area contributed by atoms with Gasteiger partial charge in [0, 0.05) is 42.9 Å². The molecule has 0 aliphatic rings. The lowest BCUT2D eigenvalue weighted by Crippen LogP contribution is -2.39. The molecule has 0 aliphatic carbocycles. The highest BCUT2D eigenvalue weighted by molar-refractivity contribution is 5.96. The van der Waals surface area contributed by atoms with Crippen molar-refractivity contribution in [2.24, 2.45) is 5.73 Å². The zero-order valence-electron chi connectivity index (χ0n) is 24.3. The van der Waals surface area contributed by atoms with E-state index >= 15 is 0 Å². The molecule has 3 aromatic heterocycles. The first-order chi connectivity index (χ1) is 21.4. The van der Waals surface area contributed by atoms with Gasteiger partial charge < -0.3 is 26.8 Å². The van der Waals surface area contributed by atoms with Gasteiger partial charge in [-0.05, 0) is 43.5 Å². The Morgan fingerprint density at radius 2 is 1.93 bits per heavy atom. The molecule has 0 saturated carbocycles. The number of aromatic nitrogens is 5. The van der Waals surface area contributed by atoms with Crippen LogP contribution in [-0.4, -0.2) is 66.7 Å². The van der Waals surface area contributed by atoms with Crippen molar-refractivity contribution in [1.82, 2.24) is 34.8 Å². The Morgan fingerprint density at radius 1 is 1.22 bits per heavy atom. The highest BCUT2D eigenvalue weighted by Crippen LogP contribution is 2.37. The van der Waals surface area contributed by atoms with Gasteiger partial charge in [-0.25, -0.2) is 9.97 Å². The maximum absolute atomic E-state index is 13.7. The highest BCUT2D eigenvalue weighted by atomic mass is 19.4. The number of amides is 2. The number of hydrogen-bond donors (Lipinski definition) is 5. The van der Waals surface area contributed by atoms with Crippen LogP contribution >= 0.6 is 0 Å². The minimum absolute atomic E-state index is 0.130. The van der Waals surface area contributed by atoms with E-state index in [0.717, 1.165) is 16.4 Å². The number of fused-ring (bicyclic) bond motifs is 1. The number of hydrogen-bond acceptors (Lipinski definition) is 9. The van der Waals surface area contributed by atoms with E-state index in [9.17, 15) is 22.8 Å². The normalized spacial score (nSPS) is 11.6. The summed E-state index contributed by atoms with van der Waals surface area (Å²) in [4.78, 5) is 41.3. The van der Waals surface area contributed by atoms with Crippen LogP contribution in [0.3, 0.4) is 0 Å². The van der Waals surface area contributed by atoms with Crippen LogP contribution < -0.4 is 21.7 Å². The number of halogens is 3. The third-order valence-corrected chi connectivity index (χ3v) is 6.31. The molecule has 0 radical (unpaired) electrons. The van der Waals surface area contributed by atoms with Crippen LogP contribution in [0.1, 0.15) is 41.9 Å². The molecule has 0 bridgehead atoms. The number of nitrogens with two attached hydrogens (primary N) is 1. The predicted molar refractivity (Wildman–Crippen MR) is 156 cm³/mol. The molecule has 0 aliphatic heterocycles. The number of benzene rings is 1. The second-order valence-corrected chi connectivity index (χ2v) is 9.50. The van der Waals surface area contributed by atoms with Crippen LogP contribution in [0.4, 0.5) is 24.7 Å². The van der Waals surface area contributed by atoms with Gasteiger partial charge in [-0.15, -0.1) is 0 Å². The molecule has 14 nitrogen and oxygen atoms in total. The predicted octanol–water partition coefficient (Wildman–Crippen LogP) is 2.73. The molecule has 4 aromatic rings. The molecule has 1 unspecified atom stereocenters. The van der Waals surface area contributed by atoms with Gasteiger partial charge in [-0.2, -0.15) is 23.5 Å². The lowest BCUT2D eigenvalue weighted by molar-refractivity contribution is -0.141. The topological polar surface area (TPSA) is 205 Å². The monoisotopic (exact) mass is 628 g/mol. The summed E-state index contributed by atoms with van der Waals surface area (Å²) >= 11 is 0. The standard InChI is InChI=1S/C27H29F3N10O2.CH2O2/c1-3-17-13-18(5-6-19(17)26(42)35-9-4-8-34-25(41)16(2)32)37-23-24-36-14-21(40(24)12-10-33-23)20-15-39(11-7-31)38-22(20)27(28,29)30;2-1-3/h5-6,10,12-16H,3-4,8-9,11,32H2,1-2H3,(H,33,37)(H,34,41)(H,35,42);1H,(H,2,3). The molecule has 3 heterocycles. The summed E-state index contributed by atoms with van der Waals surface area (Å²) in [6, 6.07) is 6.34. The number of alkyl halides is 3. The molecule has 0 fully saturated rings. The SMILES string of the molecule is CCc1cc(Nc2nccn3c(-c4cn(CC#N)nc4C(F)(F)F)cnc23)ccc1C(=O)NCCCNC(=O)C(C)N.O=CO. The van der Waals surface area contributed by atoms with Gasteiger partial charge in [0.1, 0.15) is 6.54 Å². The first-order valence-electron chi connectivity index (χ1n) is 13.6. The zero-order valence-corrected chi connectivity index (χ0v) is 24.3. The Morgan fingerprint density at radius 3 is 2.58 bits per heavy atom. The maximum Gasteiger partial charge on any atom is 0.435 e. The minimum atomic E-state index is -4.74. The van der Waals surface area contributed by atoms with Gasteiger partial charge in [0.05, 0.1) is 29.6 Å². The number of nitriles is 1. The molecule has 1 atom stereocenters. The Kier molecular flexibility index (Phi) is 11.6. The largest absolute Gasteiger partial charge is 0.483 e. The minimum Gasteiger partial charge on any atom is -0.483 e. The number of imidazole rings is 1. The smallest absolute Gasteiger partial charge is 0.435 e. The highest BCUT2D eigenvalue weighted by Gasteiger charge is 2.38. The molecule has 4 rings (SSSR count). The van der Waals surface area contributed by atoms with E-state index in [4.69, 9.17) is 20.9 Å². The number of carboxylic acid groups (broad SMARTS) is 1. The van der Waals surface area contributed by atoms with Crippen molar-refractivity contribution in [3.8, 4) is 17.3 Å². The molecule has 0 saturated heterocycles. The molecule has 17 heteroatoms. The second kappa shape index (κ2) is 15.3. The lowest BCUT2D eigenvalue weighted by Gasteiger charge is -2.13. The van der Waals surface area contributed by atoms with Crippen LogP contribution in [0.15, 0.2) is 43.0 Å². The van der Waals surface area contributed by atoms with Crippen LogP contribution in [0.5, 0.6) is 0 Å². The summed E-state index contributed by atoms with van der Waals surface area (Å²) in [6.07, 6.45) is 1.72. The van der Waals surface area contributed by atoms with Crippen molar-refractivity contribution in [1.29, 1.82) is 5.26 Å². The van der Waals surface area contributed by atoms with E-state index in [2.05, 4.69) is 31.0 Å². The van der Waals surface area contributed by atoms with Crippen molar-refractivity contribution >= 4 is 35.4 Å². The van der Waals surface area contributed by atoms with E-state index in [1.165, 1.54) is 23.0 Å². The summed E-state index contributed by atoms with van der Waals surface area (Å²) in [7, 11) is 0. The lowest BCUT2D eigenvalue weighted by atomic mass is 10.0. The summed E-state index contributed by atoms with van der Waals surface area (Å²) in [5.41, 5.74) is 6.42. The number of anilines is 2. The molecule has 6 N–H and O–H groups in total. The van der Waals surface area contributed by atoms with Crippen molar-refractivity contribution in [2.75, 3.05) is 18.4 Å². The zero-order chi connectivity index (χ0) is 33.1. The number of nitrogens with zero attached hydrogens (tertiary/aromatic N) is 6. The quantitative estimate of drug-likeness (QED) is 0.121.